The number of carbonyl (C=O) groups is 1. The highest BCUT2D eigenvalue weighted by Crippen LogP contribution is 2.24. The van der Waals surface area contributed by atoms with Crippen molar-refractivity contribution < 1.29 is 13.9 Å². The average molecular weight is 473 g/mol. The lowest BCUT2D eigenvalue weighted by Gasteiger charge is -2.21. The molecule has 7 nitrogen and oxygen atoms in total. The van der Waals surface area contributed by atoms with Crippen LogP contribution in [0.4, 0.5) is 6.01 Å². The summed E-state index contributed by atoms with van der Waals surface area (Å²) in [5.74, 6) is 1.31. The fourth-order valence-corrected chi connectivity index (χ4v) is 3.58. The summed E-state index contributed by atoms with van der Waals surface area (Å²) >= 11 is 0. The molecule has 3 aromatic rings. The summed E-state index contributed by atoms with van der Waals surface area (Å²) in [5.41, 5.74) is 7.45. The van der Waals surface area contributed by atoms with Crippen LogP contribution in [0.2, 0.25) is 0 Å². The lowest BCUT2D eigenvalue weighted by Crippen LogP contribution is -2.33. The third kappa shape index (κ3) is 7.79. The Morgan fingerprint density at radius 1 is 1.06 bits per heavy atom. The molecule has 3 N–H and O–H groups in total. The van der Waals surface area contributed by atoms with E-state index in [1.807, 2.05) is 61.5 Å². The number of aromatic nitrogens is 2. The Morgan fingerprint density at radius 3 is 2.36 bits per heavy atom. The molecule has 0 bridgehead atoms. The normalized spacial score (nSPS) is 13.4. The van der Waals surface area contributed by atoms with Crippen molar-refractivity contribution in [3.8, 4) is 5.75 Å². The van der Waals surface area contributed by atoms with Crippen molar-refractivity contribution in [2.24, 2.45) is 5.92 Å². The number of benzene rings is 2. The Labute approximate surface area is 201 Å². The number of nitrogens with zero attached hydrogens (tertiary/aromatic N) is 2. The van der Waals surface area contributed by atoms with Gasteiger partial charge in [-0.3, -0.25) is 4.79 Å². The summed E-state index contributed by atoms with van der Waals surface area (Å²) in [6, 6.07) is 17.1. The Morgan fingerprint density at radius 2 is 1.76 bits per heavy atom. The molecule has 1 unspecified atom stereocenters. The van der Waals surface area contributed by atoms with Gasteiger partial charge in [0.1, 0.15) is 5.75 Å². The van der Waals surface area contributed by atoms with Crippen LogP contribution in [0.15, 0.2) is 59.0 Å². The van der Waals surface area contributed by atoms with E-state index in [9.17, 15) is 4.79 Å². The van der Waals surface area contributed by atoms with E-state index in [1.165, 1.54) is 0 Å². The molecule has 0 fully saturated rings. The molecule has 0 radical (unpaired) electrons. The standard InChI is InChI=1S/C25H32N4O3.ClH/c1-4-8-17(2)16-31-21-13-11-20(12-14-21)22(15-23-28-29-25(26)32-23)27-24(30)18(3)19-9-6-5-7-10-19;/h5-7,9-14,17-18,22H,4,8,15-16H2,1-3H3,(H2,26,29)(H,27,30);1H/t17?,18-,22-;/m0./s1. The molecular weight excluding hydrogens is 440 g/mol. The van der Waals surface area contributed by atoms with Crippen LogP contribution >= 0.6 is 12.4 Å². The Bertz CT molecular complexity index is 979. The van der Waals surface area contributed by atoms with Crippen LogP contribution in [0.3, 0.4) is 0 Å². The summed E-state index contributed by atoms with van der Waals surface area (Å²) in [6.45, 7) is 6.94. The first-order valence-electron chi connectivity index (χ1n) is 11.1. The van der Waals surface area contributed by atoms with E-state index in [2.05, 4.69) is 29.4 Å². The minimum absolute atomic E-state index is 0. The summed E-state index contributed by atoms with van der Waals surface area (Å²) in [7, 11) is 0. The maximum Gasteiger partial charge on any atom is 0.312 e. The van der Waals surface area contributed by atoms with Crippen LogP contribution in [0, 0.1) is 5.92 Å². The molecule has 0 aliphatic heterocycles. The topological polar surface area (TPSA) is 103 Å². The van der Waals surface area contributed by atoms with Crippen molar-refractivity contribution in [1.29, 1.82) is 0 Å². The van der Waals surface area contributed by atoms with E-state index in [4.69, 9.17) is 14.9 Å². The van der Waals surface area contributed by atoms with Crippen molar-refractivity contribution >= 4 is 24.3 Å². The van der Waals surface area contributed by atoms with Crippen molar-refractivity contribution in [2.45, 2.75) is 52.0 Å². The fourth-order valence-electron chi connectivity index (χ4n) is 3.58. The van der Waals surface area contributed by atoms with Crippen LogP contribution in [-0.4, -0.2) is 22.7 Å². The molecule has 0 saturated carbocycles. The second-order valence-corrected chi connectivity index (χ2v) is 8.21. The van der Waals surface area contributed by atoms with Gasteiger partial charge in [-0.15, -0.1) is 17.5 Å². The number of carbonyl (C=O) groups excluding carboxylic acids is 1. The van der Waals surface area contributed by atoms with Gasteiger partial charge >= 0.3 is 6.01 Å². The largest absolute Gasteiger partial charge is 0.493 e. The number of nitrogens with one attached hydrogen (secondary N) is 1. The van der Waals surface area contributed by atoms with Crippen LogP contribution in [0.1, 0.15) is 62.6 Å². The van der Waals surface area contributed by atoms with Gasteiger partial charge in [0.25, 0.3) is 0 Å². The maximum atomic E-state index is 13.0. The number of rotatable bonds is 11. The van der Waals surface area contributed by atoms with E-state index in [-0.39, 0.29) is 36.3 Å². The highest BCUT2D eigenvalue weighted by Gasteiger charge is 2.22. The molecule has 0 aliphatic carbocycles. The molecule has 0 spiro atoms. The Kier molecular flexibility index (Phi) is 10.2. The number of hydrogen-bond donors (Lipinski definition) is 2. The van der Waals surface area contributed by atoms with Gasteiger partial charge in [-0.25, -0.2) is 0 Å². The highest BCUT2D eigenvalue weighted by atomic mass is 35.5. The molecule has 2 aromatic carbocycles. The number of nitrogens with two attached hydrogens (primary N) is 1. The minimum atomic E-state index is -0.346. The molecule has 3 atom stereocenters. The Balaban J connectivity index is 0.00000385. The first-order valence-corrected chi connectivity index (χ1v) is 11.1. The zero-order valence-corrected chi connectivity index (χ0v) is 20.2. The van der Waals surface area contributed by atoms with Gasteiger partial charge in [-0.2, -0.15) is 0 Å². The van der Waals surface area contributed by atoms with Crippen molar-refractivity contribution in [1.82, 2.24) is 15.5 Å². The number of ether oxygens (including phenoxy) is 1. The quantitative estimate of drug-likeness (QED) is 0.402. The highest BCUT2D eigenvalue weighted by molar-refractivity contribution is 5.85. The third-order valence-corrected chi connectivity index (χ3v) is 5.47. The maximum absolute atomic E-state index is 13.0. The summed E-state index contributed by atoms with van der Waals surface area (Å²) < 4.78 is 11.3. The lowest BCUT2D eigenvalue weighted by molar-refractivity contribution is -0.123. The number of halogens is 1. The van der Waals surface area contributed by atoms with Gasteiger partial charge in [0.2, 0.25) is 11.8 Å². The zero-order valence-electron chi connectivity index (χ0n) is 19.4. The molecule has 1 amide bonds. The van der Waals surface area contributed by atoms with E-state index in [0.717, 1.165) is 29.7 Å². The second kappa shape index (κ2) is 12.8. The first-order chi connectivity index (χ1) is 15.5. The van der Waals surface area contributed by atoms with E-state index in [0.29, 0.717) is 24.8 Å². The SMILES string of the molecule is CCCC(C)COc1ccc([C@H](Cc2nnc(N)o2)NC(=O)[C@@H](C)c2ccccc2)cc1.Cl. The fraction of sp³-hybridized carbons (Fsp3) is 0.400. The Hall–Kier alpha value is -3.06. The average Bonchev–Trinajstić information content (AvgIpc) is 3.22. The van der Waals surface area contributed by atoms with Crippen LogP contribution in [0.5, 0.6) is 5.75 Å². The summed E-state index contributed by atoms with van der Waals surface area (Å²) in [5, 5.41) is 10.8. The molecule has 33 heavy (non-hydrogen) atoms. The van der Waals surface area contributed by atoms with Gasteiger partial charge in [-0.05, 0) is 42.5 Å². The van der Waals surface area contributed by atoms with E-state index >= 15 is 0 Å². The van der Waals surface area contributed by atoms with E-state index in [1.54, 1.807) is 0 Å². The minimum Gasteiger partial charge on any atom is -0.493 e. The van der Waals surface area contributed by atoms with Crippen LogP contribution in [0.25, 0.3) is 0 Å². The molecule has 0 saturated heterocycles. The van der Waals surface area contributed by atoms with Gasteiger partial charge in [-0.1, -0.05) is 67.8 Å². The van der Waals surface area contributed by atoms with Crippen LogP contribution < -0.4 is 15.8 Å². The molecule has 1 aromatic heterocycles. The first kappa shape index (κ1) is 26.2. The van der Waals surface area contributed by atoms with Crippen molar-refractivity contribution in [2.75, 3.05) is 12.3 Å². The molecular formula is C25H33ClN4O3. The van der Waals surface area contributed by atoms with Gasteiger partial charge < -0.3 is 20.2 Å². The van der Waals surface area contributed by atoms with Gasteiger partial charge in [0, 0.05) is 0 Å². The zero-order chi connectivity index (χ0) is 22.9. The number of hydrogen-bond acceptors (Lipinski definition) is 6. The monoisotopic (exact) mass is 472 g/mol. The van der Waals surface area contributed by atoms with Crippen molar-refractivity contribution in [3.63, 3.8) is 0 Å². The predicted octanol–water partition coefficient (Wildman–Crippen LogP) is 5.09. The molecule has 178 valence electrons. The number of nitrogen functional groups attached to an aromatic ring is 1. The van der Waals surface area contributed by atoms with Gasteiger partial charge in [0.15, 0.2) is 0 Å². The lowest BCUT2D eigenvalue weighted by atomic mass is 9.98. The third-order valence-electron chi connectivity index (χ3n) is 5.47. The number of anilines is 1. The van der Waals surface area contributed by atoms with E-state index < -0.39 is 0 Å². The smallest absolute Gasteiger partial charge is 0.312 e. The predicted molar refractivity (Wildman–Crippen MR) is 131 cm³/mol. The van der Waals surface area contributed by atoms with Crippen molar-refractivity contribution in [3.05, 3.63) is 71.6 Å². The van der Waals surface area contributed by atoms with Crippen LogP contribution in [-0.2, 0) is 11.2 Å². The second-order valence-electron chi connectivity index (χ2n) is 8.21. The summed E-state index contributed by atoms with van der Waals surface area (Å²) in [4.78, 5) is 13.0. The molecule has 1 heterocycles. The molecule has 8 heteroatoms. The van der Waals surface area contributed by atoms with Gasteiger partial charge in [0.05, 0.1) is 25.0 Å². The summed E-state index contributed by atoms with van der Waals surface area (Å²) in [6.07, 6.45) is 2.62. The molecule has 0 aliphatic rings. The number of amides is 1. The molecule has 3 rings (SSSR count).